The van der Waals surface area contributed by atoms with Gasteiger partial charge in [0, 0.05) is 6.42 Å². The summed E-state index contributed by atoms with van der Waals surface area (Å²) in [6.07, 6.45) is 4.69. The molecule has 0 radical (unpaired) electrons. The van der Waals surface area contributed by atoms with Crippen LogP contribution in [0.5, 0.6) is 11.5 Å². The second kappa shape index (κ2) is 7.75. The third-order valence-corrected chi connectivity index (χ3v) is 5.65. The highest BCUT2D eigenvalue weighted by molar-refractivity contribution is 7.18. The van der Waals surface area contributed by atoms with E-state index >= 15 is 0 Å². The molecule has 7 heteroatoms. The SMILES string of the molecule is CCCc1cc2nc(C)nn2cc1OCCc1nc2c(OC)cc(C)cc2s1. The van der Waals surface area contributed by atoms with Crippen molar-refractivity contribution in [3.63, 3.8) is 0 Å². The molecule has 0 aliphatic heterocycles. The highest BCUT2D eigenvalue weighted by Gasteiger charge is 2.12. The minimum Gasteiger partial charge on any atom is -0.494 e. The Morgan fingerprint density at radius 3 is 2.71 bits per heavy atom. The zero-order valence-corrected chi connectivity index (χ0v) is 17.5. The molecule has 0 aliphatic rings. The van der Waals surface area contributed by atoms with E-state index in [1.165, 1.54) is 11.1 Å². The summed E-state index contributed by atoms with van der Waals surface area (Å²) in [5.74, 6) is 2.46. The average Bonchev–Trinajstić information content (AvgIpc) is 3.22. The topological polar surface area (TPSA) is 61.5 Å². The number of thiazole rings is 1. The summed E-state index contributed by atoms with van der Waals surface area (Å²) < 4.78 is 14.6. The summed E-state index contributed by atoms with van der Waals surface area (Å²) in [4.78, 5) is 9.20. The van der Waals surface area contributed by atoms with E-state index in [-0.39, 0.29) is 0 Å². The second-order valence-corrected chi connectivity index (χ2v) is 8.01. The van der Waals surface area contributed by atoms with Gasteiger partial charge in [-0.15, -0.1) is 11.3 Å². The average molecular weight is 397 g/mol. The summed E-state index contributed by atoms with van der Waals surface area (Å²) >= 11 is 1.70. The first-order valence-corrected chi connectivity index (χ1v) is 10.3. The lowest BCUT2D eigenvalue weighted by molar-refractivity contribution is 0.316. The van der Waals surface area contributed by atoms with Gasteiger partial charge in [0.1, 0.15) is 22.8 Å². The first-order valence-electron chi connectivity index (χ1n) is 9.50. The van der Waals surface area contributed by atoms with Gasteiger partial charge >= 0.3 is 0 Å². The molecule has 6 nitrogen and oxygen atoms in total. The molecule has 0 bridgehead atoms. The molecule has 0 saturated carbocycles. The van der Waals surface area contributed by atoms with Crippen LogP contribution in [0.1, 0.15) is 35.3 Å². The van der Waals surface area contributed by atoms with Crippen LogP contribution in [0, 0.1) is 13.8 Å². The molecule has 3 aromatic heterocycles. The van der Waals surface area contributed by atoms with Crippen molar-refractivity contribution in [2.24, 2.45) is 0 Å². The molecule has 28 heavy (non-hydrogen) atoms. The summed E-state index contributed by atoms with van der Waals surface area (Å²) in [7, 11) is 1.69. The minimum absolute atomic E-state index is 0.566. The van der Waals surface area contributed by atoms with Crippen LogP contribution in [0.4, 0.5) is 0 Å². The van der Waals surface area contributed by atoms with E-state index in [1.54, 1.807) is 23.0 Å². The monoisotopic (exact) mass is 396 g/mol. The number of aryl methyl sites for hydroxylation is 3. The van der Waals surface area contributed by atoms with Crippen LogP contribution in [-0.4, -0.2) is 33.3 Å². The largest absolute Gasteiger partial charge is 0.494 e. The molecule has 0 fully saturated rings. The highest BCUT2D eigenvalue weighted by Crippen LogP contribution is 2.31. The van der Waals surface area contributed by atoms with Crippen molar-refractivity contribution >= 4 is 27.2 Å². The van der Waals surface area contributed by atoms with Crippen molar-refractivity contribution in [2.75, 3.05) is 13.7 Å². The number of hydrogen-bond donors (Lipinski definition) is 0. The van der Waals surface area contributed by atoms with Crippen LogP contribution in [0.3, 0.4) is 0 Å². The summed E-state index contributed by atoms with van der Waals surface area (Å²) in [5, 5.41) is 5.45. The lowest BCUT2D eigenvalue weighted by Gasteiger charge is -2.10. The van der Waals surface area contributed by atoms with Gasteiger partial charge in [0.25, 0.3) is 0 Å². The van der Waals surface area contributed by atoms with E-state index in [0.717, 1.165) is 57.5 Å². The number of nitrogens with zero attached hydrogens (tertiary/aromatic N) is 4. The number of fused-ring (bicyclic) bond motifs is 2. The third kappa shape index (κ3) is 3.67. The molecule has 4 rings (SSSR count). The Bertz CT molecular complexity index is 1130. The van der Waals surface area contributed by atoms with E-state index in [2.05, 4.69) is 36.1 Å². The molecule has 0 amide bonds. The molecule has 0 N–H and O–H groups in total. The standard InChI is InChI=1S/C21H24N4O2S/c1-5-6-15-11-19-22-14(3)24-25(19)12-17(15)27-8-7-20-23-21-16(26-4)9-13(2)10-18(21)28-20/h9-12H,5-8H2,1-4H3. The van der Waals surface area contributed by atoms with Gasteiger partial charge in [0.05, 0.1) is 29.6 Å². The van der Waals surface area contributed by atoms with Crippen LogP contribution in [-0.2, 0) is 12.8 Å². The van der Waals surface area contributed by atoms with Crippen LogP contribution in [0.25, 0.3) is 15.9 Å². The lowest BCUT2D eigenvalue weighted by atomic mass is 10.1. The molecule has 0 spiro atoms. The third-order valence-electron chi connectivity index (χ3n) is 4.58. The molecular weight excluding hydrogens is 372 g/mol. The highest BCUT2D eigenvalue weighted by atomic mass is 32.1. The molecule has 0 unspecified atom stereocenters. The fourth-order valence-corrected chi connectivity index (χ4v) is 4.41. The quantitative estimate of drug-likeness (QED) is 0.459. The van der Waals surface area contributed by atoms with Gasteiger partial charge in [-0.3, -0.25) is 0 Å². The van der Waals surface area contributed by atoms with Crippen molar-refractivity contribution < 1.29 is 9.47 Å². The van der Waals surface area contributed by atoms with E-state index in [9.17, 15) is 0 Å². The number of ether oxygens (including phenoxy) is 2. The second-order valence-electron chi connectivity index (χ2n) is 6.89. The predicted octanol–water partition coefficient (Wildman–Crippen LogP) is 4.54. The molecule has 0 aliphatic carbocycles. The van der Waals surface area contributed by atoms with Gasteiger partial charge in [-0.1, -0.05) is 13.3 Å². The lowest BCUT2D eigenvalue weighted by Crippen LogP contribution is -2.05. The number of hydrogen-bond acceptors (Lipinski definition) is 6. The Kier molecular flexibility index (Phi) is 5.17. The van der Waals surface area contributed by atoms with E-state index in [0.29, 0.717) is 6.61 Å². The Balaban J connectivity index is 1.53. The molecule has 146 valence electrons. The van der Waals surface area contributed by atoms with Crippen LogP contribution < -0.4 is 9.47 Å². The maximum atomic E-state index is 6.13. The number of aromatic nitrogens is 4. The van der Waals surface area contributed by atoms with Crippen LogP contribution >= 0.6 is 11.3 Å². The van der Waals surface area contributed by atoms with Crippen molar-refractivity contribution in [3.05, 3.63) is 46.4 Å². The fraction of sp³-hybridized carbons (Fsp3) is 0.381. The maximum absolute atomic E-state index is 6.13. The fourth-order valence-electron chi connectivity index (χ4n) is 3.34. The summed E-state index contributed by atoms with van der Waals surface area (Å²) in [6, 6.07) is 6.25. The van der Waals surface area contributed by atoms with E-state index < -0.39 is 0 Å². The zero-order chi connectivity index (χ0) is 19.7. The Morgan fingerprint density at radius 1 is 1.07 bits per heavy atom. The molecular formula is C21H24N4O2S. The summed E-state index contributed by atoms with van der Waals surface area (Å²) in [6.45, 7) is 6.70. The normalized spacial score (nSPS) is 11.4. The molecule has 0 atom stereocenters. The van der Waals surface area contributed by atoms with Crippen molar-refractivity contribution in [1.29, 1.82) is 0 Å². The Labute approximate surface area is 168 Å². The van der Waals surface area contributed by atoms with Gasteiger partial charge in [0.15, 0.2) is 5.65 Å². The van der Waals surface area contributed by atoms with E-state index in [1.807, 2.05) is 19.2 Å². The predicted molar refractivity (Wildman–Crippen MR) is 112 cm³/mol. The smallest absolute Gasteiger partial charge is 0.156 e. The van der Waals surface area contributed by atoms with Crippen LogP contribution in [0.15, 0.2) is 24.4 Å². The number of methoxy groups -OCH3 is 1. The van der Waals surface area contributed by atoms with Crippen molar-refractivity contribution in [3.8, 4) is 11.5 Å². The number of pyridine rings is 1. The summed E-state index contributed by atoms with van der Waals surface area (Å²) in [5.41, 5.74) is 4.14. The molecule has 3 heterocycles. The molecule has 0 saturated heterocycles. The molecule has 4 aromatic rings. The van der Waals surface area contributed by atoms with Gasteiger partial charge in [-0.05, 0) is 49.6 Å². The van der Waals surface area contributed by atoms with Crippen molar-refractivity contribution in [1.82, 2.24) is 19.6 Å². The first kappa shape index (κ1) is 18.7. The van der Waals surface area contributed by atoms with Gasteiger partial charge in [-0.2, -0.15) is 5.10 Å². The van der Waals surface area contributed by atoms with Gasteiger partial charge in [0.2, 0.25) is 0 Å². The zero-order valence-electron chi connectivity index (χ0n) is 16.7. The van der Waals surface area contributed by atoms with E-state index in [4.69, 9.17) is 14.5 Å². The number of rotatable bonds is 7. The van der Waals surface area contributed by atoms with Crippen molar-refractivity contribution in [2.45, 2.75) is 40.0 Å². The minimum atomic E-state index is 0.566. The van der Waals surface area contributed by atoms with Gasteiger partial charge < -0.3 is 9.47 Å². The van der Waals surface area contributed by atoms with Gasteiger partial charge in [-0.25, -0.2) is 14.5 Å². The maximum Gasteiger partial charge on any atom is 0.156 e. The first-order chi connectivity index (χ1) is 13.6. The van der Waals surface area contributed by atoms with Crippen LogP contribution in [0.2, 0.25) is 0 Å². The number of benzene rings is 1. The Morgan fingerprint density at radius 2 is 1.93 bits per heavy atom. The molecule has 1 aromatic carbocycles. The Hall–Kier alpha value is -2.67.